The standard InChI is InChI=1S/C24H23N3O3S/c1-2-22(28)25-19-11-13-20(14-12-19)26-24(31)27-23(29)18-9-6-10-21(15-18)30-16-17-7-4-3-5-8-17/h3-15H,2,16H2,1H3,(H,25,28)(H2,26,27,29,31). The number of amides is 2. The predicted molar refractivity (Wildman–Crippen MR) is 126 cm³/mol. The van der Waals surface area contributed by atoms with Gasteiger partial charge in [0.15, 0.2) is 5.11 Å². The minimum atomic E-state index is -0.338. The van der Waals surface area contributed by atoms with E-state index in [-0.39, 0.29) is 16.9 Å². The van der Waals surface area contributed by atoms with Crippen LogP contribution in [0.3, 0.4) is 0 Å². The number of hydrogen-bond donors (Lipinski definition) is 3. The number of thiocarbonyl (C=S) groups is 1. The average molecular weight is 434 g/mol. The zero-order chi connectivity index (χ0) is 22.1. The maximum Gasteiger partial charge on any atom is 0.257 e. The molecular weight excluding hydrogens is 410 g/mol. The molecule has 0 heterocycles. The molecule has 0 unspecified atom stereocenters. The minimum absolute atomic E-state index is 0.0570. The van der Waals surface area contributed by atoms with Crippen molar-refractivity contribution in [2.75, 3.05) is 10.6 Å². The van der Waals surface area contributed by atoms with E-state index in [4.69, 9.17) is 17.0 Å². The molecule has 2 amide bonds. The Hall–Kier alpha value is -3.71. The van der Waals surface area contributed by atoms with Crippen molar-refractivity contribution in [3.8, 4) is 5.75 Å². The molecule has 3 aromatic carbocycles. The molecule has 0 atom stereocenters. The van der Waals surface area contributed by atoms with Crippen LogP contribution in [0.15, 0.2) is 78.9 Å². The largest absolute Gasteiger partial charge is 0.489 e. The van der Waals surface area contributed by atoms with E-state index in [1.54, 1.807) is 55.5 Å². The van der Waals surface area contributed by atoms with Crippen LogP contribution in [0, 0.1) is 0 Å². The van der Waals surface area contributed by atoms with Crippen molar-refractivity contribution in [2.45, 2.75) is 20.0 Å². The zero-order valence-electron chi connectivity index (χ0n) is 17.1. The molecule has 31 heavy (non-hydrogen) atoms. The van der Waals surface area contributed by atoms with E-state index in [2.05, 4.69) is 16.0 Å². The second kappa shape index (κ2) is 10.9. The molecule has 0 bridgehead atoms. The SMILES string of the molecule is CCC(=O)Nc1ccc(NC(=S)NC(=O)c2cccc(OCc3ccccc3)c2)cc1. The fraction of sp³-hybridized carbons (Fsp3) is 0.125. The average Bonchev–Trinajstić information content (AvgIpc) is 2.79. The van der Waals surface area contributed by atoms with Gasteiger partial charge in [-0.15, -0.1) is 0 Å². The van der Waals surface area contributed by atoms with Crippen LogP contribution in [-0.2, 0) is 11.4 Å². The summed E-state index contributed by atoms with van der Waals surface area (Å²) in [6, 6.07) is 23.8. The smallest absolute Gasteiger partial charge is 0.257 e. The molecule has 7 heteroatoms. The summed E-state index contributed by atoms with van der Waals surface area (Å²) in [5.74, 6) is 0.202. The molecule has 0 aliphatic carbocycles. The highest BCUT2D eigenvalue weighted by molar-refractivity contribution is 7.80. The van der Waals surface area contributed by atoms with Crippen molar-refractivity contribution >= 4 is 40.5 Å². The summed E-state index contributed by atoms with van der Waals surface area (Å²) in [6.07, 6.45) is 0.411. The van der Waals surface area contributed by atoms with Gasteiger partial charge in [-0.3, -0.25) is 14.9 Å². The molecule has 3 aromatic rings. The number of carbonyl (C=O) groups is 2. The van der Waals surface area contributed by atoms with Crippen LogP contribution in [0.4, 0.5) is 11.4 Å². The van der Waals surface area contributed by atoms with Crippen LogP contribution >= 0.6 is 12.2 Å². The number of rotatable bonds is 7. The fourth-order valence-electron chi connectivity index (χ4n) is 2.69. The molecule has 0 saturated heterocycles. The zero-order valence-corrected chi connectivity index (χ0v) is 17.9. The predicted octanol–water partition coefficient (Wildman–Crippen LogP) is 4.74. The molecule has 0 radical (unpaired) electrons. The van der Waals surface area contributed by atoms with Gasteiger partial charge < -0.3 is 15.4 Å². The first-order valence-corrected chi connectivity index (χ1v) is 10.2. The molecule has 0 spiro atoms. The van der Waals surface area contributed by atoms with Crippen molar-refractivity contribution in [3.05, 3.63) is 90.0 Å². The van der Waals surface area contributed by atoms with Gasteiger partial charge in [0.05, 0.1) is 0 Å². The molecule has 6 nitrogen and oxygen atoms in total. The molecule has 3 N–H and O–H groups in total. The summed E-state index contributed by atoms with van der Waals surface area (Å²) >= 11 is 5.24. The van der Waals surface area contributed by atoms with Gasteiger partial charge >= 0.3 is 0 Å². The molecule has 0 fully saturated rings. The third kappa shape index (κ3) is 6.94. The lowest BCUT2D eigenvalue weighted by Gasteiger charge is -2.11. The first-order valence-electron chi connectivity index (χ1n) is 9.82. The van der Waals surface area contributed by atoms with E-state index in [1.807, 2.05) is 30.3 Å². The molecule has 0 aliphatic heterocycles. The number of carbonyl (C=O) groups excluding carboxylic acids is 2. The fourth-order valence-corrected chi connectivity index (χ4v) is 2.90. The number of hydrogen-bond acceptors (Lipinski definition) is 4. The number of anilines is 2. The lowest BCUT2D eigenvalue weighted by atomic mass is 10.2. The second-order valence-corrected chi connectivity index (χ2v) is 7.10. The lowest BCUT2D eigenvalue weighted by molar-refractivity contribution is -0.115. The maximum atomic E-state index is 12.5. The van der Waals surface area contributed by atoms with Crippen LogP contribution in [0.1, 0.15) is 29.3 Å². The van der Waals surface area contributed by atoms with E-state index >= 15 is 0 Å². The summed E-state index contributed by atoms with van der Waals surface area (Å²) in [7, 11) is 0. The van der Waals surface area contributed by atoms with Gasteiger partial charge in [-0.2, -0.15) is 0 Å². The van der Waals surface area contributed by atoms with Crippen LogP contribution in [0.5, 0.6) is 5.75 Å². The molecule has 3 rings (SSSR count). The first kappa shape index (κ1) is 22.0. The molecule has 0 aliphatic rings. The second-order valence-electron chi connectivity index (χ2n) is 6.69. The highest BCUT2D eigenvalue weighted by Crippen LogP contribution is 2.16. The summed E-state index contributed by atoms with van der Waals surface area (Å²) in [5.41, 5.74) is 2.87. The maximum absolute atomic E-state index is 12.5. The Kier molecular flexibility index (Phi) is 7.73. The van der Waals surface area contributed by atoms with Gasteiger partial charge in [0.1, 0.15) is 12.4 Å². The summed E-state index contributed by atoms with van der Waals surface area (Å²) in [6.45, 7) is 2.21. The molecule has 158 valence electrons. The van der Waals surface area contributed by atoms with E-state index in [0.29, 0.717) is 35.7 Å². The number of ether oxygens (including phenoxy) is 1. The van der Waals surface area contributed by atoms with Crippen molar-refractivity contribution < 1.29 is 14.3 Å². The van der Waals surface area contributed by atoms with Crippen molar-refractivity contribution in [3.63, 3.8) is 0 Å². The summed E-state index contributed by atoms with van der Waals surface area (Å²) < 4.78 is 5.77. The van der Waals surface area contributed by atoms with E-state index < -0.39 is 0 Å². The highest BCUT2D eigenvalue weighted by Gasteiger charge is 2.09. The van der Waals surface area contributed by atoms with Crippen molar-refractivity contribution in [1.29, 1.82) is 0 Å². The van der Waals surface area contributed by atoms with E-state index in [9.17, 15) is 9.59 Å². The van der Waals surface area contributed by atoms with Gasteiger partial charge in [-0.25, -0.2) is 0 Å². The van der Waals surface area contributed by atoms with Crippen molar-refractivity contribution in [1.82, 2.24) is 5.32 Å². The Morgan fingerprint density at radius 1 is 0.871 bits per heavy atom. The Bertz CT molecular complexity index is 1050. The monoisotopic (exact) mass is 433 g/mol. The number of benzene rings is 3. The minimum Gasteiger partial charge on any atom is -0.489 e. The van der Waals surface area contributed by atoms with Gasteiger partial charge in [0.2, 0.25) is 5.91 Å². The third-order valence-corrected chi connectivity index (χ3v) is 4.52. The Labute approximate surface area is 186 Å². The van der Waals surface area contributed by atoms with Gasteiger partial charge in [0, 0.05) is 23.4 Å². The highest BCUT2D eigenvalue weighted by atomic mass is 32.1. The number of nitrogens with one attached hydrogen (secondary N) is 3. The van der Waals surface area contributed by atoms with E-state index in [0.717, 1.165) is 5.56 Å². The lowest BCUT2D eigenvalue weighted by Crippen LogP contribution is -2.34. The Morgan fingerprint density at radius 2 is 1.55 bits per heavy atom. The Balaban J connectivity index is 1.53. The van der Waals surface area contributed by atoms with Gasteiger partial charge in [-0.1, -0.05) is 43.3 Å². The topological polar surface area (TPSA) is 79.5 Å². The van der Waals surface area contributed by atoms with Gasteiger partial charge in [-0.05, 0) is 60.2 Å². The summed E-state index contributed by atoms with van der Waals surface area (Å²) in [4.78, 5) is 24.0. The summed E-state index contributed by atoms with van der Waals surface area (Å²) in [5, 5.41) is 8.55. The normalized spacial score (nSPS) is 10.1. The van der Waals surface area contributed by atoms with Crippen LogP contribution in [-0.4, -0.2) is 16.9 Å². The van der Waals surface area contributed by atoms with Crippen LogP contribution in [0.2, 0.25) is 0 Å². The quantitative estimate of drug-likeness (QED) is 0.469. The van der Waals surface area contributed by atoms with Crippen LogP contribution in [0.25, 0.3) is 0 Å². The third-order valence-electron chi connectivity index (χ3n) is 4.32. The Morgan fingerprint density at radius 3 is 2.23 bits per heavy atom. The van der Waals surface area contributed by atoms with E-state index in [1.165, 1.54) is 0 Å². The first-order chi connectivity index (χ1) is 15.0. The van der Waals surface area contributed by atoms with Crippen molar-refractivity contribution in [2.24, 2.45) is 0 Å². The molecular formula is C24H23N3O3S. The van der Waals surface area contributed by atoms with Gasteiger partial charge in [0.25, 0.3) is 5.91 Å². The molecule has 0 saturated carbocycles. The molecule has 0 aromatic heterocycles. The van der Waals surface area contributed by atoms with Crippen LogP contribution < -0.4 is 20.7 Å².